The van der Waals surface area contributed by atoms with Crippen molar-refractivity contribution in [2.75, 3.05) is 27.7 Å². The smallest absolute Gasteiger partial charge is 0.164 e. The van der Waals surface area contributed by atoms with Gasteiger partial charge in [0.15, 0.2) is 5.78 Å². The molecule has 1 rings (SSSR count). The third kappa shape index (κ3) is 3.72. The van der Waals surface area contributed by atoms with E-state index in [2.05, 4.69) is 0 Å². The van der Waals surface area contributed by atoms with Gasteiger partial charge in [0.05, 0.1) is 7.11 Å². The Morgan fingerprint density at radius 1 is 1.27 bits per heavy atom. The predicted octanol–water partition coefficient (Wildman–Crippen LogP) is 1.83. The Bertz CT molecular complexity index is 317. The number of nitrogens with zero attached hydrogens (tertiary/aromatic N) is 1. The van der Waals surface area contributed by atoms with Crippen LogP contribution in [0.5, 0.6) is 5.75 Å². The standard InChI is InChI=1S/C12H17NO2/c1-13(2)9-8-12(14)10-4-6-11(15-3)7-5-10/h4-7H,8-9H2,1-3H3. The van der Waals surface area contributed by atoms with Gasteiger partial charge in [0, 0.05) is 18.5 Å². The van der Waals surface area contributed by atoms with Gasteiger partial charge >= 0.3 is 0 Å². The molecular formula is C12H17NO2. The molecule has 0 radical (unpaired) electrons. The molecule has 0 amide bonds. The average Bonchev–Trinajstić information content (AvgIpc) is 2.26. The Morgan fingerprint density at radius 2 is 1.87 bits per heavy atom. The molecule has 0 atom stereocenters. The number of rotatable bonds is 5. The van der Waals surface area contributed by atoms with Crippen LogP contribution in [0, 0.1) is 0 Å². The summed E-state index contributed by atoms with van der Waals surface area (Å²) in [5.74, 6) is 0.950. The Labute approximate surface area is 90.7 Å². The fourth-order valence-electron chi connectivity index (χ4n) is 1.25. The summed E-state index contributed by atoms with van der Waals surface area (Å²) in [5.41, 5.74) is 0.748. The molecule has 3 heteroatoms. The first-order chi connectivity index (χ1) is 7.13. The average molecular weight is 207 g/mol. The fraction of sp³-hybridized carbons (Fsp3) is 0.417. The zero-order valence-electron chi connectivity index (χ0n) is 9.49. The van der Waals surface area contributed by atoms with Crippen molar-refractivity contribution in [3.05, 3.63) is 29.8 Å². The number of ketones is 1. The first-order valence-corrected chi connectivity index (χ1v) is 4.95. The molecule has 0 bridgehead atoms. The van der Waals surface area contributed by atoms with E-state index in [4.69, 9.17) is 4.74 Å². The molecule has 0 N–H and O–H groups in total. The SMILES string of the molecule is COc1ccc(C(=O)CCN(C)C)cc1. The van der Waals surface area contributed by atoms with Crippen molar-refractivity contribution in [3.63, 3.8) is 0 Å². The highest BCUT2D eigenvalue weighted by Gasteiger charge is 2.05. The lowest BCUT2D eigenvalue weighted by molar-refractivity contribution is 0.0972. The maximum atomic E-state index is 11.7. The highest BCUT2D eigenvalue weighted by molar-refractivity contribution is 5.96. The molecule has 0 aliphatic heterocycles. The lowest BCUT2D eigenvalue weighted by Gasteiger charge is -2.08. The van der Waals surface area contributed by atoms with Gasteiger partial charge in [0.2, 0.25) is 0 Å². The molecular weight excluding hydrogens is 190 g/mol. The molecule has 15 heavy (non-hydrogen) atoms. The second kappa shape index (κ2) is 5.51. The van der Waals surface area contributed by atoms with E-state index < -0.39 is 0 Å². The molecule has 3 nitrogen and oxygen atoms in total. The Kier molecular flexibility index (Phi) is 4.31. The number of benzene rings is 1. The second-order valence-electron chi connectivity index (χ2n) is 3.70. The molecule has 0 saturated heterocycles. The number of hydrogen-bond donors (Lipinski definition) is 0. The lowest BCUT2D eigenvalue weighted by atomic mass is 10.1. The van der Waals surface area contributed by atoms with E-state index in [1.54, 1.807) is 19.2 Å². The second-order valence-corrected chi connectivity index (χ2v) is 3.70. The van der Waals surface area contributed by atoms with Crippen molar-refractivity contribution in [2.24, 2.45) is 0 Å². The van der Waals surface area contributed by atoms with Gasteiger partial charge in [-0.25, -0.2) is 0 Å². The van der Waals surface area contributed by atoms with Crippen LogP contribution in [-0.2, 0) is 0 Å². The van der Waals surface area contributed by atoms with Crippen molar-refractivity contribution in [3.8, 4) is 5.75 Å². The molecule has 0 heterocycles. The summed E-state index contributed by atoms with van der Waals surface area (Å²) in [6.45, 7) is 0.783. The fourth-order valence-corrected chi connectivity index (χ4v) is 1.25. The van der Waals surface area contributed by atoms with Crippen molar-refractivity contribution in [2.45, 2.75) is 6.42 Å². The summed E-state index contributed by atoms with van der Waals surface area (Å²) >= 11 is 0. The van der Waals surface area contributed by atoms with Crippen LogP contribution < -0.4 is 4.74 Å². The molecule has 1 aromatic carbocycles. The highest BCUT2D eigenvalue weighted by Crippen LogP contribution is 2.12. The van der Waals surface area contributed by atoms with Gasteiger partial charge in [0.1, 0.15) is 5.75 Å². The predicted molar refractivity (Wildman–Crippen MR) is 60.5 cm³/mol. The van der Waals surface area contributed by atoms with Crippen LogP contribution in [-0.4, -0.2) is 38.4 Å². The Balaban J connectivity index is 2.58. The van der Waals surface area contributed by atoms with Crippen LogP contribution in [0.3, 0.4) is 0 Å². The minimum Gasteiger partial charge on any atom is -0.497 e. The summed E-state index contributed by atoms with van der Waals surface area (Å²) in [7, 11) is 5.53. The Hall–Kier alpha value is -1.35. The van der Waals surface area contributed by atoms with Crippen molar-refractivity contribution >= 4 is 5.78 Å². The quantitative estimate of drug-likeness (QED) is 0.690. The van der Waals surface area contributed by atoms with E-state index in [0.29, 0.717) is 6.42 Å². The van der Waals surface area contributed by atoms with Gasteiger partial charge in [-0.3, -0.25) is 4.79 Å². The number of methoxy groups -OCH3 is 1. The number of carbonyl (C=O) groups excluding carboxylic acids is 1. The molecule has 0 spiro atoms. The molecule has 0 aliphatic rings. The Morgan fingerprint density at radius 3 is 2.33 bits per heavy atom. The van der Waals surface area contributed by atoms with Gasteiger partial charge in [-0.05, 0) is 38.4 Å². The summed E-state index contributed by atoms with van der Waals surface area (Å²) in [6, 6.07) is 7.22. The van der Waals surface area contributed by atoms with E-state index >= 15 is 0 Å². The van der Waals surface area contributed by atoms with Crippen LogP contribution in [0.25, 0.3) is 0 Å². The maximum absolute atomic E-state index is 11.7. The van der Waals surface area contributed by atoms with Crippen LogP contribution >= 0.6 is 0 Å². The van der Waals surface area contributed by atoms with Crippen LogP contribution in [0.1, 0.15) is 16.8 Å². The zero-order chi connectivity index (χ0) is 11.3. The molecule has 82 valence electrons. The first kappa shape index (κ1) is 11.7. The lowest BCUT2D eigenvalue weighted by Crippen LogP contribution is -2.16. The number of carbonyl (C=O) groups is 1. The van der Waals surface area contributed by atoms with Gasteiger partial charge in [-0.15, -0.1) is 0 Å². The maximum Gasteiger partial charge on any atom is 0.164 e. The van der Waals surface area contributed by atoms with Gasteiger partial charge in [-0.2, -0.15) is 0 Å². The number of Topliss-reactive ketones (excluding diaryl/α,β-unsaturated/α-hetero) is 1. The van der Waals surface area contributed by atoms with E-state index in [-0.39, 0.29) is 5.78 Å². The van der Waals surface area contributed by atoms with Gasteiger partial charge < -0.3 is 9.64 Å². The van der Waals surface area contributed by atoms with E-state index in [0.717, 1.165) is 17.9 Å². The van der Waals surface area contributed by atoms with Crippen LogP contribution in [0.4, 0.5) is 0 Å². The van der Waals surface area contributed by atoms with Gasteiger partial charge in [-0.1, -0.05) is 0 Å². The first-order valence-electron chi connectivity index (χ1n) is 4.95. The molecule has 0 fully saturated rings. The monoisotopic (exact) mass is 207 g/mol. The van der Waals surface area contributed by atoms with Crippen LogP contribution in [0.2, 0.25) is 0 Å². The largest absolute Gasteiger partial charge is 0.497 e. The minimum absolute atomic E-state index is 0.173. The third-order valence-corrected chi connectivity index (χ3v) is 2.20. The molecule has 1 aromatic rings. The number of hydrogen-bond acceptors (Lipinski definition) is 3. The van der Waals surface area contributed by atoms with Crippen molar-refractivity contribution < 1.29 is 9.53 Å². The van der Waals surface area contributed by atoms with Gasteiger partial charge in [0.25, 0.3) is 0 Å². The summed E-state index contributed by atoms with van der Waals surface area (Å²) in [6.07, 6.45) is 0.555. The third-order valence-electron chi connectivity index (χ3n) is 2.20. The number of ether oxygens (including phenoxy) is 1. The van der Waals surface area contributed by atoms with Crippen LogP contribution in [0.15, 0.2) is 24.3 Å². The summed E-state index contributed by atoms with van der Waals surface area (Å²) in [4.78, 5) is 13.7. The molecule has 0 aromatic heterocycles. The molecule has 0 aliphatic carbocycles. The highest BCUT2D eigenvalue weighted by atomic mass is 16.5. The van der Waals surface area contributed by atoms with E-state index in [9.17, 15) is 4.79 Å². The normalized spacial score (nSPS) is 10.4. The summed E-state index contributed by atoms with van der Waals surface area (Å²) in [5, 5.41) is 0. The minimum atomic E-state index is 0.173. The van der Waals surface area contributed by atoms with Crippen molar-refractivity contribution in [1.82, 2.24) is 4.90 Å². The molecule has 0 unspecified atom stereocenters. The summed E-state index contributed by atoms with van der Waals surface area (Å²) < 4.78 is 5.03. The van der Waals surface area contributed by atoms with E-state index in [1.165, 1.54) is 0 Å². The topological polar surface area (TPSA) is 29.5 Å². The van der Waals surface area contributed by atoms with Crippen molar-refractivity contribution in [1.29, 1.82) is 0 Å². The zero-order valence-corrected chi connectivity index (χ0v) is 9.49. The van der Waals surface area contributed by atoms with E-state index in [1.807, 2.05) is 31.1 Å². The molecule has 0 saturated carbocycles.